The summed E-state index contributed by atoms with van der Waals surface area (Å²) in [6.07, 6.45) is 1.78. The van der Waals surface area contributed by atoms with Crippen LogP contribution in [0.15, 0.2) is 16.8 Å². The van der Waals surface area contributed by atoms with Crippen molar-refractivity contribution in [2.75, 3.05) is 0 Å². The zero-order valence-corrected chi connectivity index (χ0v) is 9.56. The van der Waals surface area contributed by atoms with E-state index < -0.39 is 0 Å². The van der Waals surface area contributed by atoms with Crippen molar-refractivity contribution in [2.45, 2.75) is 26.8 Å². The van der Waals surface area contributed by atoms with Crippen molar-refractivity contribution in [3.8, 4) is 11.5 Å². The van der Waals surface area contributed by atoms with Gasteiger partial charge in [-0.2, -0.15) is 4.98 Å². The van der Waals surface area contributed by atoms with Crippen LogP contribution in [0.2, 0.25) is 0 Å². The quantitative estimate of drug-likeness (QED) is 0.831. The molecule has 16 heavy (non-hydrogen) atoms. The molecule has 84 valence electrons. The second-order valence-corrected chi connectivity index (χ2v) is 3.92. The van der Waals surface area contributed by atoms with Gasteiger partial charge in [0.05, 0.1) is 6.04 Å². The minimum absolute atomic E-state index is 0.257. The Kier molecular flexibility index (Phi) is 2.70. The van der Waals surface area contributed by atoms with Crippen molar-refractivity contribution in [2.24, 2.45) is 5.73 Å². The fourth-order valence-corrected chi connectivity index (χ4v) is 1.47. The number of hydrogen-bond donors (Lipinski definition) is 1. The number of aryl methyl sites for hydroxylation is 2. The fourth-order valence-electron chi connectivity index (χ4n) is 1.47. The van der Waals surface area contributed by atoms with Gasteiger partial charge in [0.2, 0.25) is 11.7 Å². The highest BCUT2D eigenvalue weighted by molar-refractivity contribution is 5.54. The summed E-state index contributed by atoms with van der Waals surface area (Å²) in [6.45, 7) is 5.76. The Morgan fingerprint density at radius 3 is 2.69 bits per heavy atom. The Morgan fingerprint density at radius 1 is 1.38 bits per heavy atom. The summed E-state index contributed by atoms with van der Waals surface area (Å²) in [5.74, 6) is 0.918. The summed E-state index contributed by atoms with van der Waals surface area (Å²) in [5.41, 5.74) is 8.52. The van der Waals surface area contributed by atoms with Crippen molar-refractivity contribution in [1.82, 2.24) is 15.1 Å². The van der Waals surface area contributed by atoms with Crippen LogP contribution in [-0.2, 0) is 0 Å². The van der Waals surface area contributed by atoms with E-state index in [0.29, 0.717) is 11.7 Å². The molecule has 0 aliphatic rings. The van der Waals surface area contributed by atoms with Crippen molar-refractivity contribution in [3.05, 3.63) is 29.3 Å². The third kappa shape index (κ3) is 1.94. The molecule has 0 aromatic carbocycles. The lowest BCUT2D eigenvalue weighted by Gasteiger charge is -2.00. The van der Waals surface area contributed by atoms with Crippen LogP contribution < -0.4 is 5.73 Å². The number of nitrogens with two attached hydrogens (primary N) is 1. The standard InChI is InChI=1S/C11H14N4O/c1-6-4-7(2)9(13-5-6)10-14-11(8(3)12)16-15-10/h4-5,8H,12H2,1-3H3/t8-/m0/s1. The maximum absolute atomic E-state index is 5.65. The third-order valence-electron chi connectivity index (χ3n) is 2.26. The molecule has 0 amide bonds. The molecule has 2 N–H and O–H groups in total. The highest BCUT2D eigenvalue weighted by Gasteiger charge is 2.14. The molecular weight excluding hydrogens is 204 g/mol. The lowest BCUT2D eigenvalue weighted by molar-refractivity contribution is 0.362. The summed E-state index contributed by atoms with van der Waals surface area (Å²) in [6, 6.07) is 1.77. The SMILES string of the molecule is Cc1cnc(-c2noc([C@H](C)N)n2)c(C)c1. The number of pyridine rings is 1. The first-order valence-electron chi connectivity index (χ1n) is 5.10. The lowest BCUT2D eigenvalue weighted by Crippen LogP contribution is -2.05. The Bertz CT molecular complexity index is 504. The van der Waals surface area contributed by atoms with Crippen molar-refractivity contribution in [1.29, 1.82) is 0 Å². The van der Waals surface area contributed by atoms with Crippen LogP contribution in [0.5, 0.6) is 0 Å². The molecule has 2 aromatic heterocycles. The van der Waals surface area contributed by atoms with Gasteiger partial charge in [-0.25, -0.2) is 0 Å². The lowest BCUT2D eigenvalue weighted by atomic mass is 10.1. The Hall–Kier alpha value is -1.75. The molecule has 0 bridgehead atoms. The van der Waals surface area contributed by atoms with Crippen LogP contribution in [0.4, 0.5) is 0 Å². The van der Waals surface area contributed by atoms with Crippen molar-refractivity contribution >= 4 is 0 Å². The molecule has 1 atom stereocenters. The summed E-state index contributed by atoms with van der Waals surface area (Å²) in [5, 5.41) is 3.87. The Morgan fingerprint density at radius 2 is 2.12 bits per heavy atom. The molecule has 2 aromatic rings. The number of hydrogen-bond acceptors (Lipinski definition) is 5. The van der Waals surface area contributed by atoms with Gasteiger partial charge in [0.1, 0.15) is 5.69 Å². The van der Waals surface area contributed by atoms with Gasteiger partial charge in [-0.3, -0.25) is 4.98 Å². The Labute approximate surface area is 93.7 Å². The molecule has 0 fully saturated rings. The molecule has 5 nitrogen and oxygen atoms in total. The maximum atomic E-state index is 5.65. The average Bonchev–Trinajstić information content (AvgIpc) is 2.66. The molecule has 2 rings (SSSR count). The van der Waals surface area contributed by atoms with Crippen LogP contribution in [0.1, 0.15) is 30.0 Å². The molecule has 5 heteroatoms. The van der Waals surface area contributed by atoms with Crippen LogP contribution >= 0.6 is 0 Å². The normalized spacial score (nSPS) is 12.8. The van der Waals surface area contributed by atoms with E-state index in [2.05, 4.69) is 15.1 Å². The largest absolute Gasteiger partial charge is 0.337 e. The molecule has 0 aliphatic heterocycles. The van der Waals surface area contributed by atoms with Crippen LogP contribution in [0.25, 0.3) is 11.5 Å². The van der Waals surface area contributed by atoms with E-state index in [-0.39, 0.29) is 6.04 Å². The fraction of sp³-hybridized carbons (Fsp3) is 0.364. The second-order valence-electron chi connectivity index (χ2n) is 3.92. The van der Waals surface area contributed by atoms with E-state index in [1.54, 1.807) is 13.1 Å². The van der Waals surface area contributed by atoms with Gasteiger partial charge in [0.15, 0.2) is 0 Å². The molecule has 0 aliphatic carbocycles. The number of rotatable bonds is 2. The van der Waals surface area contributed by atoms with E-state index in [0.717, 1.165) is 16.8 Å². The minimum atomic E-state index is -0.257. The first kappa shape index (κ1) is 10.8. The second kappa shape index (κ2) is 4.02. The molecule has 0 saturated carbocycles. The van der Waals surface area contributed by atoms with Crippen LogP contribution in [0, 0.1) is 13.8 Å². The topological polar surface area (TPSA) is 77.8 Å². The molecular formula is C11H14N4O. The summed E-state index contributed by atoms with van der Waals surface area (Å²) < 4.78 is 5.04. The predicted octanol–water partition coefficient (Wildman–Crippen LogP) is 1.77. The molecule has 0 unspecified atom stereocenters. The highest BCUT2D eigenvalue weighted by Crippen LogP contribution is 2.19. The van der Waals surface area contributed by atoms with Crippen molar-refractivity contribution in [3.63, 3.8) is 0 Å². The first-order valence-corrected chi connectivity index (χ1v) is 5.10. The zero-order chi connectivity index (χ0) is 11.7. The minimum Gasteiger partial charge on any atom is -0.337 e. The predicted molar refractivity (Wildman–Crippen MR) is 59.6 cm³/mol. The van der Waals surface area contributed by atoms with Gasteiger partial charge >= 0.3 is 0 Å². The van der Waals surface area contributed by atoms with E-state index in [9.17, 15) is 0 Å². The smallest absolute Gasteiger partial charge is 0.243 e. The average molecular weight is 218 g/mol. The Balaban J connectivity index is 2.42. The van der Waals surface area contributed by atoms with E-state index in [4.69, 9.17) is 10.3 Å². The highest BCUT2D eigenvalue weighted by atomic mass is 16.5. The zero-order valence-electron chi connectivity index (χ0n) is 9.56. The van der Waals surface area contributed by atoms with E-state index in [1.165, 1.54) is 0 Å². The van der Waals surface area contributed by atoms with Crippen LogP contribution in [0.3, 0.4) is 0 Å². The van der Waals surface area contributed by atoms with Gasteiger partial charge < -0.3 is 10.3 Å². The van der Waals surface area contributed by atoms with Crippen molar-refractivity contribution < 1.29 is 4.52 Å². The summed E-state index contributed by atoms with van der Waals surface area (Å²) >= 11 is 0. The molecule has 0 radical (unpaired) electrons. The summed E-state index contributed by atoms with van der Waals surface area (Å²) in [4.78, 5) is 8.50. The molecule has 2 heterocycles. The molecule has 0 saturated heterocycles. The van der Waals surface area contributed by atoms with Crippen LogP contribution in [-0.4, -0.2) is 15.1 Å². The summed E-state index contributed by atoms with van der Waals surface area (Å²) in [7, 11) is 0. The van der Waals surface area contributed by atoms with Gasteiger partial charge in [0.25, 0.3) is 0 Å². The van der Waals surface area contributed by atoms with Gasteiger partial charge in [-0.1, -0.05) is 11.2 Å². The number of aromatic nitrogens is 3. The van der Waals surface area contributed by atoms with E-state index in [1.807, 2.05) is 19.9 Å². The maximum Gasteiger partial charge on any atom is 0.243 e. The van der Waals surface area contributed by atoms with Gasteiger partial charge in [-0.05, 0) is 31.9 Å². The third-order valence-corrected chi connectivity index (χ3v) is 2.26. The monoisotopic (exact) mass is 218 g/mol. The molecule has 0 spiro atoms. The van der Waals surface area contributed by atoms with Gasteiger partial charge in [0, 0.05) is 6.20 Å². The van der Waals surface area contributed by atoms with Gasteiger partial charge in [-0.15, -0.1) is 0 Å². The first-order chi connectivity index (χ1) is 7.58. The number of nitrogens with zero attached hydrogens (tertiary/aromatic N) is 3. The van der Waals surface area contributed by atoms with E-state index >= 15 is 0 Å².